The molecule has 1 N–H and O–H groups in total. The number of rotatable bonds is 5. The summed E-state index contributed by atoms with van der Waals surface area (Å²) in [5, 5.41) is 10.2. The van der Waals surface area contributed by atoms with E-state index >= 15 is 0 Å². The topological polar surface area (TPSA) is 66.8 Å². The van der Waals surface area contributed by atoms with Gasteiger partial charge in [0.2, 0.25) is 0 Å². The van der Waals surface area contributed by atoms with Crippen molar-refractivity contribution in [2.45, 2.75) is 104 Å². The van der Waals surface area contributed by atoms with E-state index in [1.165, 1.54) is 6.42 Å². The Morgan fingerprint density at radius 3 is 2.38 bits per heavy atom. The molecule has 0 spiro atoms. The number of nitrogens with zero attached hydrogens (tertiary/aromatic N) is 1. The van der Waals surface area contributed by atoms with Crippen LogP contribution in [0.1, 0.15) is 91.9 Å². The van der Waals surface area contributed by atoms with Gasteiger partial charge < -0.3 is 14.7 Å². The highest BCUT2D eigenvalue weighted by Crippen LogP contribution is 2.48. The van der Waals surface area contributed by atoms with E-state index in [-0.39, 0.29) is 18.1 Å². The molecule has 1 aliphatic carbocycles. The number of aliphatic carboxylic acids is 1. The first-order valence-corrected chi connectivity index (χ1v) is 10.4. The Kier molecular flexibility index (Phi) is 6.98. The van der Waals surface area contributed by atoms with Gasteiger partial charge in [0.25, 0.3) is 0 Å². The van der Waals surface area contributed by atoms with Crippen LogP contribution in [0.3, 0.4) is 0 Å². The van der Waals surface area contributed by atoms with Crippen LogP contribution in [0.4, 0.5) is 4.79 Å². The fourth-order valence-corrected chi connectivity index (χ4v) is 4.79. The maximum Gasteiger partial charge on any atom is 0.410 e. The van der Waals surface area contributed by atoms with Gasteiger partial charge in [-0.15, -0.1) is 0 Å². The lowest BCUT2D eigenvalue weighted by atomic mass is 9.62. The van der Waals surface area contributed by atoms with Gasteiger partial charge in [0.05, 0.1) is 5.41 Å². The van der Waals surface area contributed by atoms with Gasteiger partial charge in [-0.25, -0.2) is 4.79 Å². The van der Waals surface area contributed by atoms with Crippen LogP contribution in [0.25, 0.3) is 0 Å². The first kappa shape index (κ1) is 21.0. The maximum atomic E-state index is 12.7. The van der Waals surface area contributed by atoms with Gasteiger partial charge >= 0.3 is 12.1 Å². The lowest BCUT2D eigenvalue weighted by Crippen LogP contribution is -2.55. The van der Waals surface area contributed by atoms with Gasteiger partial charge in [-0.3, -0.25) is 4.79 Å². The highest BCUT2D eigenvalue weighted by atomic mass is 16.6. The molecule has 1 heterocycles. The summed E-state index contributed by atoms with van der Waals surface area (Å²) in [6, 6.07) is -0.0309. The number of unbranched alkanes of at least 4 members (excludes halogenated alkanes) is 1. The van der Waals surface area contributed by atoms with Crippen LogP contribution in [-0.4, -0.2) is 40.3 Å². The molecule has 2 atom stereocenters. The number of amides is 1. The molecule has 0 radical (unpaired) electrons. The summed E-state index contributed by atoms with van der Waals surface area (Å²) in [7, 11) is 0. The van der Waals surface area contributed by atoms with Crippen molar-refractivity contribution in [3.63, 3.8) is 0 Å². The quantitative estimate of drug-likeness (QED) is 0.723. The summed E-state index contributed by atoms with van der Waals surface area (Å²) in [4.78, 5) is 26.9. The van der Waals surface area contributed by atoms with Gasteiger partial charge in [-0.05, 0) is 58.8 Å². The van der Waals surface area contributed by atoms with Crippen LogP contribution in [0, 0.1) is 11.3 Å². The molecule has 1 aliphatic heterocycles. The molecule has 26 heavy (non-hydrogen) atoms. The Balaban J connectivity index is 2.20. The number of carbonyl (C=O) groups is 2. The van der Waals surface area contributed by atoms with E-state index < -0.39 is 17.0 Å². The molecule has 0 aromatic carbocycles. The third kappa shape index (κ3) is 4.92. The standard InChI is InChI=1S/C21H37NO4/c1-5-6-12-17-15-21(18(23)24,16-10-8-7-9-11-16)13-14-22(17)19(25)26-20(2,3)4/h16-17H,5-15H2,1-4H3,(H,23,24). The Hall–Kier alpha value is -1.26. The predicted octanol–water partition coefficient (Wildman–Crippen LogP) is 5.23. The average Bonchev–Trinajstić information content (AvgIpc) is 2.58. The summed E-state index contributed by atoms with van der Waals surface area (Å²) in [6.07, 6.45) is 9.25. The van der Waals surface area contributed by atoms with E-state index in [9.17, 15) is 14.7 Å². The molecular weight excluding hydrogens is 330 g/mol. The number of likely N-dealkylation sites (tertiary alicyclic amines) is 1. The second-order valence-electron chi connectivity index (χ2n) is 9.22. The van der Waals surface area contributed by atoms with Crippen molar-refractivity contribution >= 4 is 12.1 Å². The minimum atomic E-state index is -0.669. The van der Waals surface area contributed by atoms with Crippen molar-refractivity contribution in [2.75, 3.05) is 6.54 Å². The molecule has 2 unspecified atom stereocenters. The SMILES string of the molecule is CCCCC1CC(C(=O)O)(C2CCCCC2)CCN1C(=O)OC(C)(C)C. The van der Waals surface area contributed by atoms with Crippen molar-refractivity contribution in [1.29, 1.82) is 0 Å². The van der Waals surface area contributed by atoms with E-state index in [4.69, 9.17) is 4.74 Å². The van der Waals surface area contributed by atoms with Gasteiger partial charge in [-0.2, -0.15) is 0 Å². The summed E-state index contributed by atoms with van der Waals surface area (Å²) in [5.74, 6) is -0.409. The molecule has 0 aromatic heterocycles. The normalized spacial score (nSPS) is 28.0. The second-order valence-corrected chi connectivity index (χ2v) is 9.22. The first-order valence-electron chi connectivity index (χ1n) is 10.4. The largest absolute Gasteiger partial charge is 0.481 e. The van der Waals surface area contributed by atoms with E-state index in [1.807, 2.05) is 25.7 Å². The molecule has 2 rings (SSSR count). The maximum absolute atomic E-state index is 12.7. The van der Waals surface area contributed by atoms with Gasteiger partial charge in [0, 0.05) is 12.6 Å². The minimum Gasteiger partial charge on any atom is -0.481 e. The molecule has 1 amide bonds. The third-order valence-corrected chi connectivity index (χ3v) is 6.17. The summed E-state index contributed by atoms with van der Waals surface area (Å²) in [6.45, 7) is 8.25. The zero-order valence-electron chi connectivity index (χ0n) is 17.1. The molecule has 2 fully saturated rings. The summed E-state index contributed by atoms with van der Waals surface area (Å²) >= 11 is 0. The van der Waals surface area contributed by atoms with Gasteiger partial charge in [-0.1, -0.05) is 39.0 Å². The molecule has 1 saturated carbocycles. The van der Waals surface area contributed by atoms with Crippen molar-refractivity contribution in [2.24, 2.45) is 11.3 Å². The summed E-state index contributed by atoms with van der Waals surface area (Å²) in [5.41, 5.74) is -1.20. The fraction of sp³-hybridized carbons (Fsp3) is 0.905. The van der Waals surface area contributed by atoms with Gasteiger partial charge in [0.1, 0.15) is 5.60 Å². The second kappa shape index (κ2) is 8.62. The van der Waals surface area contributed by atoms with E-state index in [2.05, 4.69) is 6.92 Å². The highest BCUT2D eigenvalue weighted by Gasteiger charge is 2.51. The number of carboxylic acid groups (broad SMARTS) is 1. The molecule has 5 nitrogen and oxygen atoms in total. The van der Waals surface area contributed by atoms with Gasteiger partial charge in [0.15, 0.2) is 0 Å². The van der Waals surface area contributed by atoms with E-state index in [0.29, 0.717) is 19.4 Å². The van der Waals surface area contributed by atoms with E-state index in [0.717, 1.165) is 44.9 Å². The van der Waals surface area contributed by atoms with Crippen LogP contribution >= 0.6 is 0 Å². The van der Waals surface area contributed by atoms with Crippen LogP contribution in [0.15, 0.2) is 0 Å². The molecule has 0 aromatic rings. The predicted molar refractivity (Wildman–Crippen MR) is 102 cm³/mol. The lowest BCUT2D eigenvalue weighted by molar-refractivity contribution is -0.160. The molecular formula is C21H37NO4. The number of ether oxygens (including phenoxy) is 1. The Bertz CT molecular complexity index is 493. The summed E-state index contributed by atoms with van der Waals surface area (Å²) < 4.78 is 5.60. The number of hydrogen-bond acceptors (Lipinski definition) is 3. The van der Waals surface area contributed by atoms with Crippen molar-refractivity contribution in [3.05, 3.63) is 0 Å². The zero-order valence-corrected chi connectivity index (χ0v) is 17.1. The molecule has 0 bridgehead atoms. The lowest BCUT2D eigenvalue weighted by Gasteiger charge is -2.49. The Morgan fingerprint density at radius 1 is 1.19 bits per heavy atom. The number of carbonyl (C=O) groups excluding carboxylic acids is 1. The van der Waals surface area contributed by atoms with Crippen LogP contribution < -0.4 is 0 Å². The van der Waals surface area contributed by atoms with Crippen molar-refractivity contribution in [1.82, 2.24) is 4.90 Å². The zero-order chi connectivity index (χ0) is 19.4. The first-order chi connectivity index (χ1) is 12.2. The number of carboxylic acids is 1. The molecule has 2 aliphatic rings. The van der Waals surface area contributed by atoms with Crippen LogP contribution in [0.2, 0.25) is 0 Å². The van der Waals surface area contributed by atoms with Crippen molar-refractivity contribution in [3.8, 4) is 0 Å². The Morgan fingerprint density at radius 2 is 1.85 bits per heavy atom. The van der Waals surface area contributed by atoms with Crippen LogP contribution in [-0.2, 0) is 9.53 Å². The molecule has 150 valence electrons. The average molecular weight is 368 g/mol. The third-order valence-electron chi connectivity index (χ3n) is 6.17. The number of hydrogen-bond donors (Lipinski definition) is 1. The Labute approximate surface area is 158 Å². The smallest absolute Gasteiger partial charge is 0.410 e. The monoisotopic (exact) mass is 367 g/mol. The minimum absolute atomic E-state index is 0.0309. The fourth-order valence-electron chi connectivity index (χ4n) is 4.79. The number of piperidine rings is 1. The van der Waals surface area contributed by atoms with E-state index in [1.54, 1.807) is 0 Å². The molecule has 1 saturated heterocycles. The molecule has 5 heteroatoms. The van der Waals surface area contributed by atoms with Crippen LogP contribution in [0.5, 0.6) is 0 Å². The van der Waals surface area contributed by atoms with Crippen molar-refractivity contribution < 1.29 is 19.4 Å². The highest BCUT2D eigenvalue weighted by molar-refractivity contribution is 5.76.